The van der Waals surface area contributed by atoms with E-state index in [1.807, 2.05) is 0 Å². The summed E-state index contributed by atoms with van der Waals surface area (Å²) >= 11 is 0. The van der Waals surface area contributed by atoms with E-state index in [0.29, 0.717) is 0 Å². The molecular weight excluding hydrogens is 521 g/mol. The molecule has 0 amide bonds. The molecule has 8 rings (SSSR count). The first-order valence-electron chi connectivity index (χ1n) is 15.1. The lowest BCUT2D eigenvalue weighted by Gasteiger charge is -2.32. The highest BCUT2D eigenvalue weighted by Crippen LogP contribution is 2.59. The number of benzene rings is 5. The SMILES string of the molecule is Cc1ccccc1C1B2N(c3c(-c4ccccc4)cccc3-c3ccccc3)c3ccccc3N2c2c(C)cc[n+](C)c21. The number of fused-ring (bicyclic) bond motifs is 5. The normalized spacial score (nSPS) is 15.0. The van der Waals surface area contributed by atoms with Gasteiger partial charge in [-0.15, -0.1) is 0 Å². The molecule has 2 aliphatic rings. The molecule has 43 heavy (non-hydrogen) atoms. The molecule has 6 aromatic rings. The molecule has 1 atom stereocenters. The number of pyridine rings is 1. The van der Waals surface area contributed by atoms with Crippen LogP contribution < -0.4 is 14.2 Å². The summed E-state index contributed by atoms with van der Waals surface area (Å²) in [4.78, 5) is 5.27. The van der Waals surface area contributed by atoms with Crippen molar-refractivity contribution >= 4 is 29.7 Å². The molecule has 3 heterocycles. The highest BCUT2D eigenvalue weighted by molar-refractivity contribution is 6.77. The van der Waals surface area contributed by atoms with Crippen molar-refractivity contribution < 1.29 is 4.57 Å². The zero-order valence-electron chi connectivity index (χ0n) is 24.8. The van der Waals surface area contributed by atoms with Gasteiger partial charge in [-0.2, -0.15) is 0 Å². The van der Waals surface area contributed by atoms with Crippen molar-refractivity contribution in [3.63, 3.8) is 0 Å². The maximum Gasteiger partial charge on any atom is 0.404 e. The Labute approximate surface area is 254 Å². The Kier molecular flexibility index (Phi) is 5.97. The summed E-state index contributed by atoms with van der Waals surface area (Å²) in [5.74, 6) is 0.126. The number of aryl methyl sites for hydroxylation is 3. The minimum absolute atomic E-state index is 0.0214. The molecule has 1 aromatic heterocycles. The monoisotopic (exact) mass is 554 g/mol. The van der Waals surface area contributed by atoms with E-state index in [2.05, 4.69) is 175 Å². The molecule has 0 N–H and O–H groups in total. The van der Waals surface area contributed by atoms with Crippen molar-refractivity contribution in [3.05, 3.63) is 162 Å². The minimum Gasteiger partial charge on any atom is -0.362 e. The van der Waals surface area contributed by atoms with Crippen LogP contribution in [0, 0.1) is 13.8 Å². The van der Waals surface area contributed by atoms with Gasteiger partial charge < -0.3 is 9.62 Å². The first-order valence-corrected chi connectivity index (χ1v) is 15.1. The Balaban J connectivity index is 1.49. The number of rotatable bonds is 4. The van der Waals surface area contributed by atoms with Gasteiger partial charge in [-0.1, -0.05) is 115 Å². The van der Waals surface area contributed by atoms with Gasteiger partial charge in [-0.3, -0.25) is 0 Å². The van der Waals surface area contributed by atoms with Crippen LogP contribution in [0.15, 0.2) is 140 Å². The van der Waals surface area contributed by atoms with Gasteiger partial charge in [0.15, 0.2) is 6.20 Å². The summed E-state index contributed by atoms with van der Waals surface area (Å²) in [6.07, 6.45) is 2.23. The average Bonchev–Trinajstić information content (AvgIpc) is 3.57. The Morgan fingerprint density at radius 2 is 1.07 bits per heavy atom. The quantitative estimate of drug-likeness (QED) is 0.159. The first kappa shape index (κ1) is 25.6. The standard InChI is InChI=1S/C39H33BN3/c1-27-15-10-11-20-31(27)36-39-37(28(2)25-26-41(39)3)42-34-23-12-13-24-35(34)43(40(36)42)38-32(29-16-6-4-7-17-29)21-14-22-33(38)30-18-8-5-9-19-30/h4-26,36H,1-3H3/q+1. The third-order valence-corrected chi connectivity index (χ3v) is 9.28. The van der Waals surface area contributed by atoms with Crippen molar-refractivity contribution in [1.29, 1.82) is 0 Å². The van der Waals surface area contributed by atoms with Crippen LogP contribution in [-0.2, 0) is 7.05 Å². The van der Waals surface area contributed by atoms with E-state index in [1.54, 1.807) is 0 Å². The van der Waals surface area contributed by atoms with Crippen LogP contribution in [0.25, 0.3) is 22.3 Å². The fraction of sp³-hybridized carbons (Fsp3) is 0.103. The van der Waals surface area contributed by atoms with Crippen LogP contribution in [0.2, 0.25) is 0 Å². The third-order valence-electron chi connectivity index (χ3n) is 9.28. The molecule has 0 spiro atoms. The van der Waals surface area contributed by atoms with Crippen LogP contribution in [0.5, 0.6) is 0 Å². The van der Waals surface area contributed by atoms with Gasteiger partial charge in [0.05, 0.1) is 17.2 Å². The number of hydrogen-bond acceptors (Lipinski definition) is 2. The number of anilines is 4. The Morgan fingerprint density at radius 3 is 1.67 bits per heavy atom. The molecule has 206 valence electrons. The number of nitrogens with zero attached hydrogens (tertiary/aromatic N) is 3. The first-order chi connectivity index (χ1) is 21.1. The summed E-state index contributed by atoms with van der Waals surface area (Å²) in [6, 6.07) is 48.7. The van der Waals surface area contributed by atoms with Crippen molar-refractivity contribution in [2.45, 2.75) is 19.7 Å². The van der Waals surface area contributed by atoms with Gasteiger partial charge in [0.1, 0.15) is 12.7 Å². The van der Waals surface area contributed by atoms with Gasteiger partial charge in [0.2, 0.25) is 5.69 Å². The second-order valence-electron chi connectivity index (χ2n) is 11.8. The molecule has 0 aliphatic carbocycles. The van der Waals surface area contributed by atoms with Crippen molar-refractivity contribution in [1.82, 2.24) is 0 Å². The molecule has 0 bridgehead atoms. The van der Waals surface area contributed by atoms with Crippen molar-refractivity contribution in [3.8, 4) is 22.3 Å². The molecule has 0 saturated carbocycles. The lowest BCUT2D eigenvalue weighted by Crippen LogP contribution is -2.46. The maximum absolute atomic E-state index is 2.65. The van der Waals surface area contributed by atoms with E-state index in [1.165, 1.54) is 67.4 Å². The third kappa shape index (κ3) is 3.86. The van der Waals surface area contributed by atoms with Crippen LogP contribution in [0.3, 0.4) is 0 Å². The largest absolute Gasteiger partial charge is 0.404 e. The second-order valence-corrected chi connectivity index (χ2v) is 11.8. The van der Waals surface area contributed by atoms with Crippen LogP contribution in [-0.4, -0.2) is 6.98 Å². The molecule has 3 nitrogen and oxygen atoms in total. The summed E-state index contributed by atoms with van der Waals surface area (Å²) in [7, 11) is 2.20. The highest BCUT2D eigenvalue weighted by atomic mass is 15.3. The lowest BCUT2D eigenvalue weighted by atomic mass is 9.57. The molecule has 0 saturated heterocycles. The zero-order chi connectivity index (χ0) is 29.1. The Hall–Kier alpha value is -5.09. The van der Waals surface area contributed by atoms with Gasteiger partial charge in [-0.05, 0) is 53.8 Å². The number of aromatic nitrogens is 1. The van der Waals surface area contributed by atoms with Gasteiger partial charge in [0.25, 0.3) is 0 Å². The van der Waals surface area contributed by atoms with Crippen molar-refractivity contribution in [2.75, 3.05) is 9.62 Å². The van der Waals surface area contributed by atoms with Crippen LogP contribution in [0.4, 0.5) is 22.7 Å². The van der Waals surface area contributed by atoms with E-state index in [0.717, 1.165) is 0 Å². The smallest absolute Gasteiger partial charge is 0.362 e. The van der Waals surface area contributed by atoms with E-state index >= 15 is 0 Å². The highest BCUT2D eigenvalue weighted by Gasteiger charge is 2.59. The van der Waals surface area contributed by atoms with Crippen molar-refractivity contribution in [2.24, 2.45) is 7.05 Å². The van der Waals surface area contributed by atoms with Gasteiger partial charge in [-0.25, -0.2) is 4.57 Å². The Morgan fingerprint density at radius 1 is 0.535 bits per heavy atom. The topological polar surface area (TPSA) is 10.4 Å². The molecule has 1 unspecified atom stereocenters. The predicted molar refractivity (Wildman–Crippen MR) is 179 cm³/mol. The van der Waals surface area contributed by atoms with E-state index in [9.17, 15) is 0 Å². The number of hydrogen-bond donors (Lipinski definition) is 0. The van der Waals surface area contributed by atoms with Crippen LogP contribution >= 0.6 is 0 Å². The Bertz CT molecular complexity index is 1930. The van der Waals surface area contributed by atoms with Gasteiger partial charge in [0, 0.05) is 22.9 Å². The molecule has 4 heteroatoms. The van der Waals surface area contributed by atoms with Crippen LogP contribution in [0.1, 0.15) is 28.2 Å². The lowest BCUT2D eigenvalue weighted by molar-refractivity contribution is -0.678. The molecule has 5 aromatic carbocycles. The summed E-state index contributed by atoms with van der Waals surface area (Å²) in [6.45, 7) is 4.54. The predicted octanol–water partition coefficient (Wildman–Crippen LogP) is 8.92. The fourth-order valence-electron chi connectivity index (χ4n) is 7.40. The fourth-order valence-corrected chi connectivity index (χ4v) is 7.40. The molecule has 0 radical (unpaired) electrons. The van der Waals surface area contributed by atoms with Gasteiger partial charge >= 0.3 is 6.98 Å². The minimum atomic E-state index is 0.0214. The molecule has 0 fully saturated rings. The zero-order valence-corrected chi connectivity index (χ0v) is 24.8. The molecule has 2 aliphatic heterocycles. The summed E-state index contributed by atoms with van der Waals surface area (Å²) in [5, 5.41) is 0. The number of para-hydroxylation sites is 3. The second kappa shape index (κ2) is 10.0. The summed E-state index contributed by atoms with van der Waals surface area (Å²) in [5.41, 5.74) is 15.3. The molecular formula is C39H33BN3+. The average molecular weight is 555 g/mol. The maximum atomic E-state index is 2.65. The summed E-state index contributed by atoms with van der Waals surface area (Å²) < 4.78 is 2.35. The van der Waals surface area contributed by atoms with E-state index in [4.69, 9.17) is 0 Å². The van der Waals surface area contributed by atoms with E-state index < -0.39 is 0 Å². The van der Waals surface area contributed by atoms with E-state index in [-0.39, 0.29) is 12.8 Å².